The van der Waals surface area contributed by atoms with Gasteiger partial charge in [-0.2, -0.15) is 0 Å². The molecule has 0 amide bonds. The fourth-order valence-corrected chi connectivity index (χ4v) is 3.44. The molecule has 88 valence electrons. The molecule has 1 aliphatic heterocycles. The van der Waals surface area contributed by atoms with Crippen LogP contribution in [0, 0.1) is 0 Å². The van der Waals surface area contributed by atoms with E-state index in [1.54, 1.807) is 11.3 Å². The second-order valence-corrected chi connectivity index (χ2v) is 5.57. The van der Waals surface area contributed by atoms with Crippen LogP contribution < -0.4 is 5.32 Å². The van der Waals surface area contributed by atoms with Crippen LogP contribution in [0.2, 0.25) is 0 Å². The number of ether oxygens (including phenoxy) is 1. The van der Waals surface area contributed by atoms with Crippen molar-refractivity contribution in [1.82, 2.24) is 5.32 Å². The topological polar surface area (TPSA) is 21.3 Å². The molecule has 1 atom stereocenters. The summed E-state index contributed by atoms with van der Waals surface area (Å²) in [5.41, 5.74) is 0. The van der Waals surface area contributed by atoms with Gasteiger partial charge in [0.1, 0.15) is 11.8 Å². The van der Waals surface area contributed by atoms with E-state index < -0.39 is 0 Å². The molecule has 0 saturated carbocycles. The van der Waals surface area contributed by atoms with Crippen LogP contribution in [-0.2, 0) is 4.74 Å². The summed E-state index contributed by atoms with van der Waals surface area (Å²) in [6, 6.07) is 2.31. The molecule has 2 nitrogen and oxygen atoms in total. The molecule has 1 aliphatic rings. The van der Waals surface area contributed by atoms with Crippen LogP contribution >= 0.6 is 27.3 Å². The molecule has 0 saturated heterocycles. The van der Waals surface area contributed by atoms with Gasteiger partial charge in [-0.1, -0.05) is 6.92 Å². The molecule has 2 heterocycles. The van der Waals surface area contributed by atoms with Gasteiger partial charge in [0.2, 0.25) is 0 Å². The molecule has 0 aromatic carbocycles. The van der Waals surface area contributed by atoms with Crippen molar-refractivity contribution in [3.63, 3.8) is 0 Å². The van der Waals surface area contributed by atoms with E-state index in [4.69, 9.17) is 4.74 Å². The van der Waals surface area contributed by atoms with Gasteiger partial charge in [-0.05, 0) is 46.4 Å². The van der Waals surface area contributed by atoms with E-state index in [2.05, 4.69) is 45.7 Å². The molecular weight excluding hydrogens is 286 g/mol. The normalized spacial score (nSPS) is 17.0. The van der Waals surface area contributed by atoms with Crippen LogP contribution in [0.4, 0.5) is 0 Å². The minimum Gasteiger partial charge on any atom is -0.496 e. The number of nitrogens with one attached hydrogen (secondary N) is 1. The van der Waals surface area contributed by atoms with Crippen molar-refractivity contribution in [1.29, 1.82) is 0 Å². The Kier molecular flexibility index (Phi) is 4.44. The Morgan fingerprint density at radius 1 is 1.62 bits per heavy atom. The van der Waals surface area contributed by atoms with Crippen molar-refractivity contribution < 1.29 is 4.74 Å². The second kappa shape index (κ2) is 5.84. The van der Waals surface area contributed by atoms with Crippen LogP contribution in [0.5, 0.6) is 0 Å². The summed E-state index contributed by atoms with van der Waals surface area (Å²) < 4.78 is 6.84. The molecule has 0 radical (unpaired) electrons. The third kappa shape index (κ3) is 2.67. The van der Waals surface area contributed by atoms with E-state index >= 15 is 0 Å². The number of rotatable bonds is 5. The smallest absolute Gasteiger partial charge is 0.114 e. The highest BCUT2D eigenvalue weighted by molar-refractivity contribution is 9.10. The Morgan fingerprint density at radius 3 is 3.06 bits per heavy atom. The van der Waals surface area contributed by atoms with Gasteiger partial charge < -0.3 is 10.1 Å². The van der Waals surface area contributed by atoms with Crippen molar-refractivity contribution in [2.75, 3.05) is 13.2 Å². The maximum Gasteiger partial charge on any atom is 0.114 e. The van der Waals surface area contributed by atoms with Gasteiger partial charge in [0, 0.05) is 15.8 Å². The largest absolute Gasteiger partial charge is 0.496 e. The number of halogens is 1. The maximum atomic E-state index is 5.68. The Balaban J connectivity index is 2.17. The SMILES string of the molecule is CCCNC(C1=CCCO1)c1sccc1Br. The molecule has 1 aromatic heterocycles. The highest BCUT2D eigenvalue weighted by atomic mass is 79.9. The van der Waals surface area contributed by atoms with E-state index in [-0.39, 0.29) is 6.04 Å². The van der Waals surface area contributed by atoms with Gasteiger partial charge >= 0.3 is 0 Å². The summed E-state index contributed by atoms with van der Waals surface area (Å²) in [4.78, 5) is 1.31. The van der Waals surface area contributed by atoms with Crippen molar-refractivity contribution in [2.24, 2.45) is 0 Å². The van der Waals surface area contributed by atoms with Gasteiger partial charge in [0.25, 0.3) is 0 Å². The van der Waals surface area contributed by atoms with Crippen LogP contribution in [0.15, 0.2) is 27.8 Å². The zero-order chi connectivity index (χ0) is 11.4. The summed E-state index contributed by atoms with van der Waals surface area (Å²) in [6.45, 7) is 4.01. The van der Waals surface area contributed by atoms with Gasteiger partial charge in [0.15, 0.2) is 0 Å². The average molecular weight is 302 g/mol. The molecule has 1 aromatic rings. The number of hydrogen-bond donors (Lipinski definition) is 1. The summed E-state index contributed by atoms with van der Waals surface area (Å²) in [6.07, 6.45) is 4.36. The molecule has 4 heteroatoms. The van der Waals surface area contributed by atoms with Crippen LogP contribution in [0.1, 0.15) is 30.7 Å². The third-order valence-electron chi connectivity index (χ3n) is 2.52. The van der Waals surface area contributed by atoms with Crippen LogP contribution in [0.25, 0.3) is 0 Å². The van der Waals surface area contributed by atoms with E-state index in [1.165, 1.54) is 9.35 Å². The van der Waals surface area contributed by atoms with E-state index in [0.717, 1.165) is 31.8 Å². The van der Waals surface area contributed by atoms with Crippen LogP contribution in [-0.4, -0.2) is 13.2 Å². The minimum absolute atomic E-state index is 0.219. The molecule has 2 rings (SSSR count). The number of hydrogen-bond acceptors (Lipinski definition) is 3. The van der Waals surface area contributed by atoms with E-state index in [9.17, 15) is 0 Å². The predicted molar refractivity (Wildman–Crippen MR) is 71.7 cm³/mol. The highest BCUT2D eigenvalue weighted by Gasteiger charge is 2.23. The van der Waals surface area contributed by atoms with Crippen molar-refractivity contribution in [3.05, 3.63) is 32.6 Å². The predicted octanol–water partition coefficient (Wildman–Crippen LogP) is 3.86. The third-order valence-corrected chi connectivity index (χ3v) is 4.46. The molecule has 0 aliphatic carbocycles. The highest BCUT2D eigenvalue weighted by Crippen LogP contribution is 2.35. The lowest BCUT2D eigenvalue weighted by Crippen LogP contribution is -2.23. The van der Waals surface area contributed by atoms with Crippen molar-refractivity contribution in [3.8, 4) is 0 Å². The summed E-state index contributed by atoms with van der Waals surface area (Å²) in [5, 5.41) is 5.65. The van der Waals surface area contributed by atoms with Gasteiger partial charge in [-0.25, -0.2) is 0 Å². The first-order valence-electron chi connectivity index (χ1n) is 5.62. The Labute approximate surface area is 109 Å². The lowest BCUT2D eigenvalue weighted by Gasteiger charge is -2.19. The van der Waals surface area contributed by atoms with E-state index in [1.807, 2.05) is 0 Å². The maximum absolute atomic E-state index is 5.68. The lowest BCUT2D eigenvalue weighted by atomic mass is 10.2. The van der Waals surface area contributed by atoms with E-state index in [0.29, 0.717) is 0 Å². The lowest BCUT2D eigenvalue weighted by molar-refractivity contribution is 0.216. The standard InChI is InChI=1S/C12H16BrNOS/c1-2-6-14-11(10-4-3-7-15-10)12-9(13)5-8-16-12/h4-5,8,11,14H,2-3,6-7H2,1H3. The fraction of sp³-hybridized carbons (Fsp3) is 0.500. The van der Waals surface area contributed by atoms with Crippen LogP contribution in [0.3, 0.4) is 0 Å². The molecular formula is C12H16BrNOS. The summed E-state index contributed by atoms with van der Waals surface area (Å²) in [5.74, 6) is 1.08. The van der Waals surface area contributed by atoms with Crippen molar-refractivity contribution in [2.45, 2.75) is 25.8 Å². The minimum atomic E-state index is 0.219. The Hall–Kier alpha value is -0.320. The Bertz CT molecular complexity index is 375. The quantitative estimate of drug-likeness (QED) is 0.892. The molecule has 0 bridgehead atoms. The molecule has 1 N–H and O–H groups in total. The molecule has 1 unspecified atom stereocenters. The average Bonchev–Trinajstić information content (AvgIpc) is 2.91. The first kappa shape index (κ1) is 12.1. The zero-order valence-corrected chi connectivity index (χ0v) is 11.7. The Morgan fingerprint density at radius 2 is 2.50 bits per heavy atom. The fourth-order valence-electron chi connectivity index (χ4n) is 1.76. The van der Waals surface area contributed by atoms with Gasteiger partial charge in [0.05, 0.1) is 6.61 Å². The van der Waals surface area contributed by atoms with Crippen molar-refractivity contribution >= 4 is 27.3 Å². The summed E-state index contributed by atoms with van der Waals surface area (Å²) in [7, 11) is 0. The monoisotopic (exact) mass is 301 g/mol. The van der Waals surface area contributed by atoms with Gasteiger partial charge in [-0.15, -0.1) is 11.3 Å². The first-order chi connectivity index (χ1) is 7.83. The molecule has 0 fully saturated rings. The summed E-state index contributed by atoms with van der Waals surface area (Å²) >= 11 is 5.36. The molecule has 16 heavy (non-hydrogen) atoms. The zero-order valence-electron chi connectivity index (χ0n) is 9.33. The second-order valence-electron chi connectivity index (χ2n) is 3.76. The number of thiophene rings is 1. The van der Waals surface area contributed by atoms with Gasteiger partial charge in [-0.3, -0.25) is 0 Å². The molecule has 0 spiro atoms. The first-order valence-corrected chi connectivity index (χ1v) is 7.29.